The van der Waals surface area contributed by atoms with E-state index in [0.29, 0.717) is 0 Å². The Morgan fingerprint density at radius 1 is 1.36 bits per heavy atom. The van der Waals surface area contributed by atoms with Gasteiger partial charge in [0.05, 0.1) is 12.0 Å². The van der Waals surface area contributed by atoms with Crippen molar-refractivity contribution in [1.29, 1.82) is 0 Å². The topological polar surface area (TPSA) is 107 Å². The molecule has 0 saturated carbocycles. The lowest BCUT2D eigenvalue weighted by molar-refractivity contribution is -0.387. The highest BCUT2D eigenvalue weighted by atomic mass is 32.2. The number of benzene rings is 1. The lowest BCUT2D eigenvalue weighted by atomic mass is 10.1. The third-order valence-corrected chi connectivity index (χ3v) is 5.20. The summed E-state index contributed by atoms with van der Waals surface area (Å²) in [6.07, 6.45) is 3.42. The Kier molecular flexibility index (Phi) is 4.57. The molecule has 0 spiro atoms. The molecule has 0 N–H and O–H groups in total. The Morgan fingerprint density at radius 2 is 2.05 bits per heavy atom. The average molecular weight is 326 g/mol. The lowest BCUT2D eigenvalue weighted by Gasteiger charge is -2.29. The number of carbonyl (C=O) groups excluding carboxylic acids is 1. The lowest BCUT2D eigenvalue weighted by Crippen LogP contribution is -2.47. The SMILES string of the molecule is COC(=O)[C@@H]1CC=CCN1S(=O)(=O)c1ccccc1[N+](=O)[O-]. The van der Waals surface area contributed by atoms with Crippen molar-refractivity contribution in [3.8, 4) is 0 Å². The van der Waals surface area contributed by atoms with Gasteiger partial charge in [-0.3, -0.25) is 14.9 Å². The highest BCUT2D eigenvalue weighted by Crippen LogP contribution is 2.29. The van der Waals surface area contributed by atoms with Crippen molar-refractivity contribution in [2.24, 2.45) is 0 Å². The van der Waals surface area contributed by atoms with Crippen molar-refractivity contribution in [1.82, 2.24) is 4.31 Å². The van der Waals surface area contributed by atoms with E-state index in [1.165, 1.54) is 12.1 Å². The van der Waals surface area contributed by atoms with Crippen LogP contribution >= 0.6 is 0 Å². The van der Waals surface area contributed by atoms with Crippen LogP contribution in [-0.2, 0) is 19.6 Å². The second-order valence-electron chi connectivity index (χ2n) is 4.55. The van der Waals surface area contributed by atoms with Crippen LogP contribution in [0.4, 0.5) is 5.69 Å². The summed E-state index contributed by atoms with van der Waals surface area (Å²) in [5, 5.41) is 11.0. The third-order valence-electron chi connectivity index (χ3n) is 3.28. The van der Waals surface area contributed by atoms with Gasteiger partial charge < -0.3 is 4.74 Å². The summed E-state index contributed by atoms with van der Waals surface area (Å²) < 4.78 is 31.0. The molecule has 0 unspecified atom stereocenters. The van der Waals surface area contributed by atoms with Gasteiger partial charge in [-0.05, 0) is 12.5 Å². The zero-order chi connectivity index (χ0) is 16.3. The zero-order valence-corrected chi connectivity index (χ0v) is 12.5. The summed E-state index contributed by atoms with van der Waals surface area (Å²) in [5.74, 6) is -0.702. The van der Waals surface area contributed by atoms with Crippen LogP contribution in [-0.4, -0.2) is 43.3 Å². The predicted molar refractivity (Wildman–Crippen MR) is 76.5 cm³/mol. The number of rotatable bonds is 4. The first-order chi connectivity index (χ1) is 10.4. The number of methoxy groups -OCH3 is 1. The van der Waals surface area contributed by atoms with Gasteiger partial charge in [0.1, 0.15) is 6.04 Å². The highest BCUT2D eigenvalue weighted by Gasteiger charge is 2.39. The number of carbonyl (C=O) groups is 1. The third kappa shape index (κ3) is 2.85. The summed E-state index contributed by atoms with van der Waals surface area (Å²) in [7, 11) is -3.04. The maximum Gasteiger partial charge on any atom is 0.324 e. The van der Waals surface area contributed by atoms with Crippen LogP contribution in [0.3, 0.4) is 0 Å². The van der Waals surface area contributed by atoms with E-state index in [9.17, 15) is 23.3 Å². The molecule has 0 bridgehead atoms. The van der Waals surface area contributed by atoms with Crippen LogP contribution in [0.25, 0.3) is 0 Å². The fourth-order valence-electron chi connectivity index (χ4n) is 2.22. The summed E-state index contributed by atoms with van der Waals surface area (Å²) in [6, 6.07) is 4.01. The number of hydrogen-bond donors (Lipinski definition) is 0. The fourth-order valence-corrected chi connectivity index (χ4v) is 3.92. The van der Waals surface area contributed by atoms with Crippen LogP contribution in [0.5, 0.6) is 0 Å². The molecule has 118 valence electrons. The first-order valence-corrected chi connectivity index (χ1v) is 7.81. The first kappa shape index (κ1) is 16.1. The number of nitrogens with zero attached hydrogens (tertiary/aromatic N) is 2. The maximum absolute atomic E-state index is 12.7. The smallest absolute Gasteiger partial charge is 0.324 e. The van der Waals surface area contributed by atoms with Crippen molar-refractivity contribution in [3.63, 3.8) is 0 Å². The molecule has 1 aliphatic heterocycles. The van der Waals surface area contributed by atoms with Gasteiger partial charge >= 0.3 is 5.97 Å². The largest absolute Gasteiger partial charge is 0.468 e. The molecule has 1 aliphatic rings. The van der Waals surface area contributed by atoms with Crippen molar-refractivity contribution in [2.75, 3.05) is 13.7 Å². The van der Waals surface area contributed by atoms with Gasteiger partial charge in [0.25, 0.3) is 15.7 Å². The van der Waals surface area contributed by atoms with Crippen molar-refractivity contribution < 1.29 is 22.9 Å². The van der Waals surface area contributed by atoms with Crippen LogP contribution in [0, 0.1) is 10.1 Å². The van der Waals surface area contributed by atoms with E-state index in [-0.39, 0.29) is 13.0 Å². The van der Waals surface area contributed by atoms with Crippen LogP contribution in [0.15, 0.2) is 41.3 Å². The van der Waals surface area contributed by atoms with Gasteiger partial charge in [-0.2, -0.15) is 4.31 Å². The van der Waals surface area contributed by atoms with E-state index >= 15 is 0 Å². The molecule has 0 amide bonds. The van der Waals surface area contributed by atoms with Crippen molar-refractivity contribution in [3.05, 3.63) is 46.5 Å². The number of ether oxygens (including phenoxy) is 1. The van der Waals surface area contributed by atoms with E-state index in [2.05, 4.69) is 4.74 Å². The van der Waals surface area contributed by atoms with Crippen molar-refractivity contribution >= 4 is 21.7 Å². The molecule has 0 radical (unpaired) electrons. The van der Waals surface area contributed by atoms with Gasteiger partial charge in [0, 0.05) is 12.6 Å². The molecule has 1 aromatic rings. The predicted octanol–water partition coefficient (Wildman–Crippen LogP) is 1.09. The molecule has 9 heteroatoms. The van der Waals surface area contributed by atoms with Gasteiger partial charge in [-0.25, -0.2) is 8.42 Å². The standard InChI is InChI=1S/C13H14N2O6S/c1-21-13(16)11-7-4-5-9-14(11)22(19,20)12-8-3-2-6-10(12)15(17)18/h2-6,8,11H,7,9H2,1H3/t11-/m0/s1. The molecule has 1 heterocycles. The number of para-hydroxylation sites is 1. The second kappa shape index (κ2) is 6.24. The van der Waals surface area contributed by atoms with E-state index in [1.54, 1.807) is 12.2 Å². The van der Waals surface area contributed by atoms with Crippen LogP contribution in [0.1, 0.15) is 6.42 Å². The molecule has 0 saturated heterocycles. The first-order valence-electron chi connectivity index (χ1n) is 6.37. The highest BCUT2D eigenvalue weighted by molar-refractivity contribution is 7.89. The molecular weight excluding hydrogens is 312 g/mol. The molecule has 2 rings (SSSR count). The minimum absolute atomic E-state index is 0.0475. The summed E-state index contributed by atoms with van der Waals surface area (Å²) in [4.78, 5) is 21.6. The van der Waals surface area contributed by atoms with Gasteiger partial charge in [0.15, 0.2) is 4.90 Å². The zero-order valence-electron chi connectivity index (χ0n) is 11.7. The Hall–Kier alpha value is -2.26. The number of nitro benzene ring substituents is 1. The van der Waals surface area contributed by atoms with Crippen molar-refractivity contribution in [2.45, 2.75) is 17.4 Å². The Balaban J connectivity index is 2.52. The van der Waals surface area contributed by atoms with Gasteiger partial charge in [0.2, 0.25) is 0 Å². The van der Waals surface area contributed by atoms with E-state index in [1.807, 2.05) is 0 Å². The Labute approximate surface area is 127 Å². The number of esters is 1. The molecule has 1 atom stereocenters. The molecule has 22 heavy (non-hydrogen) atoms. The molecule has 0 aliphatic carbocycles. The van der Waals surface area contributed by atoms with Gasteiger partial charge in [-0.1, -0.05) is 24.3 Å². The number of sulfonamides is 1. The molecule has 0 fully saturated rings. The average Bonchev–Trinajstić information content (AvgIpc) is 2.54. The molecular formula is C13H14N2O6S. The fraction of sp³-hybridized carbons (Fsp3) is 0.308. The van der Waals surface area contributed by atoms with E-state index in [0.717, 1.165) is 23.5 Å². The normalized spacial score (nSPS) is 18.9. The Bertz CT molecular complexity index is 728. The monoisotopic (exact) mass is 326 g/mol. The van der Waals surface area contributed by atoms with E-state index in [4.69, 9.17) is 0 Å². The van der Waals surface area contributed by atoms with E-state index < -0.39 is 37.5 Å². The quantitative estimate of drug-likeness (QED) is 0.355. The number of hydrogen-bond acceptors (Lipinski definition) is 6. The maximum atomic E-state index is 12.7. The number of nitro groups is 1. The molecule has 0 aromatic heterocycles. The molecule has 8 nitrogen and oxygen atoms in total. The summed E-state index contributed by atoms with van der Waals surface area (Å²) >= 11 is 0. The van der Waals surface area contributed by atoms with Crippen LogP contribution in [0.2, 0.25) is 0 Å². The minimum Gasteiger partial charge on any atom is -0.468 e. The summed E-state index contributed by atoms with van der Waals surface area (Å²) in [5.41, 5.74) is -0.527. The second-order valence-corrected chi connectivity index (χ2v) is 6.40. The summed E-state index contributed by atoms with van der Waals surface area (Å²) in [6.45, 7) is -0.0475. The van der Waals surface area contributed by atoms with Gasteiger partial charge in [-0.15, -0.1) is 0 Å². The molecule has 1 aromatic carbocycles. The minimum atomic E-state index is -4.20. The Morgan fingerprint density at radius 3 is 2.68 bits per heavy atom. The van der Waals surface area contributed by atoms with Crippen LogP contribution < -0.4 is 0 Å².